The van der Waals surface area contributed by atoms with Crippen molar-refractivity contribution in [3.63, 3.8) is 0 Å². The fraction of sp³-hybridized carbons (Fsp3) is 0.889. The van der Waals surface area contributed by atoms with Gasteiger partial charge in [-0.05, 0) is 13.3 Å². The van der Waals surface area contributed by atoms with Crippen molar-refractivity contribution in [1.82, 2.24) is 5.32 Å². The Bertz CT molecular complexity index is 216. The van der Waals surface area contributed by atoms with E-state index >= 15 is 0 Å². The first-order chi connectivity index (χ1) is 5.85. The summed E-state index contributed by atoms with van der Waals surface area (Å²) in [4.78, 5) is 11.3. The van der Waals surface area contributed by atoms with Crippen molar-refractivity contribution in [2.45, 2.75) is 44.6 Å². The number of aliphatic hydroxyl groups is 1. The maximum absolute atomic E-state index is 11.3. The molecule has 1 aliphatic carbocycles. The molecule has 0 aromatic rings. The molecule has 0 radical (unpaired) electrons. The van der Waals surface area contributed by atoms with Gasteiger partial charge in [0.15, 0.2) is 0 Å². The van der Waals surface area contributed by atoms with Gasteiger partial charge in [-0.15, -0.1) is 0 Å². The number of hydrogen-bond acceptors (Lipinski definition) is 3. The third-order valence-electron chi connectivity index (χ3n) is 2.91. The van der Waals surface area contributed by atoms with Gasteiger partial charge < -0.3 is 10.4 Å². The zero-order valence-corrected chi connectivity index (χ0v) is 9.14. The van der Waals surface area contributed by atoms with E-state index in [2.05, 4.69) is 17.9 Å². The number of carbonyl (C=O) groups is 1. The van der Waals surface area contributed by atoms with Crippen molar-refractivity contribution < 1.29 is 9.90 Å². The van der Waals surface area contributed by atoms with Gasteiger partial charge in [0.1, 0.15) is 0 Å². The molecule has 0 saturated heterocycles. The molecule has 0 spiro atoms. The average molecular weight is 203 g/mol. The molecule has 3 unspecified atom stereocenters. The van der Waals surface area contributed by atoms with E-state index in [9.17, 15) is 9.90 Å². The second-order valence-corrected chi connectivity index (χ2v) is 5.08. The van der Waals surface area contributed by atoms with Crippen LogP contribution >= 0.6 is 12.6 Å². The number of aliphatic hydroxyl groups excluding tert-OH is 1. The van der Waals surface area contributed by atoms with E-state index in [0.29, 0.717) is 6.42 Å². The second kappa shape index (κ2) is 3.50. The largest absolute Gasteiger partial charge is 0.392 e. The number of nitrogens with one attached hydrogen (secondary N) is 1. The standard InChI is InChI=1S/C9H17NO2S/c1-5(13)8(12)10-6-4-7(11)9(6,2)3/h5-7,11,13H,4H2,1-3H3,(H,10,12). The summed E-state index contributed by atoms with van der Waals surface area (Å²) < 4.78 is 0. The molecule has 0 bridgehead atoms. The van der Waals surface area contributed by atoms with Gasteiger partial charge in [0.05, 0.1) is 11.4 Å². The highest BCUT2D eigenvalue weighted by atomic mass is 32.1. The van der Waals surface area contributed by atoms with Crippen LogP contribution in [-0.2, 0) is 4.79 Å². The van der Waals surface area contributed by atoms with Crippen LogP contribution in [0.15, 0.2) is 0 Å². The Kier molecular flexibility index (Phi) is 2.92. The molecule has 3 atom stereocenters. The van der Waals surface area contributed by atoms with E-state index < -0.39 is 0 Å². The second-order valence-electron chi connectivity index (χ2n) is 4.31. The monoisotopic (exact) mass is 203 g/mol. The molecule has 1 fully saturated rings. The van der Waals surface area contributed by atoms with Gasteiger partial charge in [0, 0.05) is 11.5 Å². The fourth-order valence-corrected chi connectivity index (χ4v) is 1.51. The van der Waals surface area contributed by atoms with E-state index in [0.717, 1.165) is 0 Å². The molecule has 4 heteroatoms. The predicted octanol–water partition coefficient (Wildman–Crippen LogP) is 0.580. The molecule has 0 aromatic heterocycles. The maximum atomic E-state index is 11.3. The van der Waals surface area contributed by atoms with E-state index in [1.165, 1.54) is 0 Å². The summed E-state index contributed by atoms with van der Waals surface area (Å²) in [6.45, 7) is 5.64. The third-order valence-corrected chi connectivity index (χ3v) is 3.15. The molecular weight excluding hydrogens is 186 g/mol. The predicted molar refractivity (Wildman–Crippen MR) is 54.8 cm³/mol. The van der Waals surface area contributed by atoms with Gasteiger partial charge in [-0.25, -0.2) is 0 Å². The van der Waals surface area contributed by atoms with Crippen molar-refractivity contribution in [1.29, 1.82) is 0 Å². The summed E-state index contributed by atoms with van der Waals surface area (Å²) in [5, 5.41) is 12.0. The van der Waals surface area contributed by atoms with Crippen molar-refractivity contribution in [3.05, 3.63) is 0 Å². The smallest absolute Gasteiger partial charge is 0.232 e. The van der Waals surface area contributed by atoms with E-state index in [-0.39, 0.29) is 28.7 Å². The number of amides is 1. The molecule has 1 rings (SSSR count). The van der Waals surface area contributed by atoms with E-state index in [1.54, 1.807) is 6.92 Å². The lowest BCUT2D eigenvalue weighted by atomic mass is 9.64. The van der Waals surface area contributed by atoms with Crippen LogP contribution < -0.4 is 5.32 Å². The van der Waals surface area contributed by atoms with Crippen LogP contribution in [0.2, 0.25) is 0 Å². The lowest BCUT2D eigenvalue weighted by molar-refractivity contribution is -0.128. The van der Waals surface area contributed by atoms with Crippen LogP contribution in [-0.4, -0.2) is 28.4 Å². The first-order valence-corrected chi connectivity index (χ1v) is 5.04. The molecule has 3 nitrogen and oxygen atoms in total. The Balaban J connectivity index is 2.45. The highest BCUT2D eigenvalue weighted by Gasteiger charge is 2.47. The number of hydrogen-bond donors (Lipinski definition) is 3. The van der Waals surface area contributed by atoms with Gasteiger partial charge in [0.2, 0.25) is 5.91 Å². The Hall–Kier alpha value is -0.220. The molecule has 1 amide bonds. The number of carbonyl (C=O) groups excluding carboxylic acids is 1. The van der Waals surface area contributed by atoms with E-state index in [1.807, 2.05) is 13.8 Å². The van der Waals surface area contributed by atoms with Crippen molar-refractivity contribution in [3.8, 4) is 0 Å². The molecule has 0 heterocycles. The minimum absolute atomic E-state index is 0.0618. The van der Waals surface area contributed by atoms with Crippen LogP contribution in [0, 0.1) is 5.41 Å². The molecular formula is C9H17NO2S. The SMILES string of the molecule is CC(S)C(=O)NC1CC(O)C1(C)C. The van der Waals surface area contributed by atoms with Gasteiger partial charge in [-0.2, -0.15) is 12.6 Å². The lowest BCUT2D eigenvalue weighted by Gasteiger charge is -2.49. The summed E-state index contributed by atoms with van der Waals surface area (Å²) in [7, 11) is 0. The average Bonchev–Trinajstić information content (AvgIpc) is 2.03. The van der Waals surface area contributed by atoms with Crippen LogP contribution in [0.25, 0.3) is 0 Å². The number of rotatable bonds is 2. The summed E-state index contributed by atoms with van der Waals surface area (Å²) in [6, 6.07) is 0.0876. The summed E-state index contributed by atoms with van der Waals surface area (Å²) in [5.41, 5.74) is -0.196. The van der Waals surface area contributed by atoms with Crippen molar-refractivity contribution in [2.75, 3.05) is 0 Å². The minimum atomic E-state index is -0.298. The summed E-state index contributed by atoms with van der Waals surface area (Å²) in [5.74, 6) is -0.0618. The highest BCUT2D eigenvalue weighted by Crippen LogP contribution is 2.40. The molecule has 76 valence electrons. The molecule has 13 heavy (non-hydrogen) atoms. The Labute approximate surface area is 84.3 Å². The Morgan fingerprint density at radius 3 is 2.54 bits per heavy atom. The number of thiol groups is 1. The highest BCUT2D eigenvalue weighted by molar-refractivity contribution is 7.81. The minimum Gasteiger partial charge on any atom is -0.392 e. The zero-order valence-electron chi connectivity index (χ0n) is 8.24. The van der Waals surface area contributed by atoms with Gasteiger partial charge in [-0.3, -0.25) is 4.79 Å². The Morgan fingerprint density at radius 1 is 1.69 bits per heavy atom. The normalized spacial score (nSPS) is 33.3. The van der Waals surface area contributed by atoms with Gasteiger partial charge >= 0.3 is 0 Å². The Morgan fingerprint density at radius 2 is 2.23 bits per heavy atom. The molecule has 0 aromatic carbocycles. The zero-order chi connectivity index (χ0) is 10.2. The lowest BCUT2D eigenvalue weighted by Crippen LogP contribution is -2.61. The van der Waals surface area contributed by atoms with Crippen LogP contribution in [0.1, 0.15) is 27.2 Å². The van der Waals surface area contributed by atoms with Gasteiger partial charge in [-0.1, -0.05) is 13.8 Å². The maximum Gasteiger partial charge on any atom is 0.232 e. The quantitative estimate of drug-likeness (QED) is 0.575. The van der Waals surface area contributed by atoms with Crippen LogP contribution in [0.4, 0.5) is 0 Å². The first-order valence-electron chi connectivity index (χ1n) is 4.52. The van der Waals surface area contributed by atoms with Crippen LogP contribution in [0.5, 0.6) is 0 Å². The first kappa shape index (κ1) is 10.9. The fourth-order valence-electron chi connectivity index (χ4n) is 1.44. The van der Waals surface area contributed by atoms with Crippen molar-refractivity contribution in [2.24, 2.45) is 5.41 Å². The molecule has 2 N–H and O–H groups in total. The molecule has 1 aliphatic rings. The van der Waals surface area contributed by atoms with Gasteiger partial charge in [0.25, 0.3) is 0 Å². The van der Waals surface area contributed by atoms with Crippen molar-refractivity contribution >= 4 is 18.5 Å². The summed E-state index contributed by atoms with van der Waals surface area (Å²) >= 11 is 4.04. The summed E-state index contributed by atoms with van der Waals surface area (Å²) in [6.07, 6.45) is 0.354. The molecule has 1 saturated carbocycles. The molecule has 0 aliphatic heterocycles. The van der Waals surface area contributed by atoms with Crippen LogP contribution in [0.3, 0.4) is 0 Å². The van der Waals surface area contributed by atoms with E-state index in [4.69, 9.17) is 0 Å². The topological polar surface area (TPSA) is 49.3 Å². The third kappa shape index (κ3) is 1.99.